The van der Waals surface area contributed by atoms with Crippen LogP contribution in [0, 0.1) is 5.82 Å². The van der Waals surface area contributed by atoms with Crippen LogP contribution >= 0.6 is 15.9 Å². The Labute approximate surface area is 108 Å². The first-order chi connectivity index (χ1) is 8.13. The molecule has 0 spiro atoms. The van der Waals surface area contributed by atoms with Gasteiger partial charge in [0.25, 0.3) is 0 Å². The fourth-order valence-electron chi connectivity index (χ4n) is 1.22. The highest BCUT2D eigenvalue weighted by Gasteiger charge is 2.04. The van der Waals surface area contributed by atoms with Crippen molar-refractivity contribution in [3.05, 3.63) is 28.5 Å². The Hall–Kier alpha value is -1.10. The van der Waals surface area contributed by atoms with Gasteiger partial charge in [0.05, 0.1) is 17.7 Å². The monoisotopic (exact) mass is 304 g/mol. The largest absolute Gasteiger partial charge is 0.492 e. The number of benzene rings is 1. The van der Waals surface area contributed by atoms with Gasteiger partial charge in [0.1, 0.15) is 11.6 Å². The fourth-order valence-corrected chi connectivity index (χ4v) is 1.69. The molecule has 0 atom stereocenters. The lowest BCUT2D eigenvalue weighted by atomic mass is 10.3. The summed E-state index contributed by atoms with van der Waals surface area (Å²) in [5.74, 6) is 0.0141. The standard InChI is InChI=1S/C12H14BrFO3/c1-2-16-12(15)4-3-7-17-11-6-5-9(14)8-10(11)13/h5-6,8H,2-4,7H2,1H3. The minimum Gasteiger partial charge on any atom is -0.492 e. The molecule has 0 amide bonds. The first-order valence-electron chi connectivity index (χ1n) is 5.37. The molecule has 0 aliphatic rings. The Balaban J connectivity index is 2.29. The van der Waals surface area contributed by atoms with E-state index in [-0.39, 0.29) is 11.8 Å². The second kappa shape index (κ2) is 7.27. The molecule has 0 unspecified atom stereocenters. The van der Waals surface area contributed by atoms with Gasteiger partial charge in [-0.25, -0.2) is 4.39 Å². The fraction of sp³-hybridized carbons (Fsp3) is 0.417. The normalized spacial score (nSPS) is 10.1. The molecule has 17 heavy (non-hydrogen) atoms. The minimum atomic E-state index is -0.323. The Morgan fingerprint density at radius 1 is 1.47 bits per heavy atom. The zero-order chi connectivity index (χ0) is 12.7. The van der Waals surface area contributed by atoms with Crippen molar-refractivity contribution in [2.75, 3.05) is 13.2 Å². The molecule has 0 saturated heterocycles. The number of hydrogen-bond acceptors (Lipinski definition) is 3. The molecular weight excluding hydrogens is 291 g/mol. The van der Waals surface area contributed by atoms with E-state index in [0.717, 1.165) is 0 Å². The van der Waals surface area contributed by atoms with Crippen LogP contribution in [0.5, 0.6) is 5.75 Å². The van der Waals surface area contributed by atoms with Gasteiger partial charge in [-0.3, -0.25) is 4.79 Å². The van der Waals surface area contributed by atoms with Crippen molar-refractivity contribution in [1.82, 2.24) is 0 Å². The number of ether oxygens (including phenoxy) is 2. The second-order valence-corrected chi connectivity index (χ2v) is 4.19. The maximum absolute atomic E-state index is 12.8. The Kier molecular flexibility index (Phi) is 5.97. The Morgan fingerprint density at radius 2 is 2.24 bits per heavy atom. The number of carbonyl (C=O) groups excluding carboxylic acids is 1. The van der Waals surface area contributed by atoms with E-state index in [1.54, 1.807) is 13.0 Å². The van der Waals surface area contributed by atoms with Crippen LogP contribution in [-0.2, 0) is 9.53 Å². The maximum Gasteiger partial charge on any atom is 0.305 e. The van der Waals surface area contributed by atoms with Gasteiger partial charge >= 0.3 is 5.97 Å². The van der Waals surface area contributed by atoms with Crippen molar-refractivity contribution in [2.45, 2.75) is 19.8 Å². The van der Waals surface area contributed by atoms with Crippen LogP contribution in [-0.4, -0.2) is 19.2 Å². The van der Waals surface area contributed by atoms with Gasteiger partial charge in [-0.15, -0.1) is 0 Å². The van der Waals surface area contributed by atoms with Gasteiger partial charge < -0.3 is 9.47 Å². The summed E-state index contributed by atoms with van der Waals surface area (Å²) in [6, 6.07) is 4.20. The molecule has 1 aromatic carbocycles. The van der Waals surface area contributed by atoms with E-state index < -0.39 is 0 Å². The zero-order valence-corrected chi connectivity index (χ0v) is 11.1. The number of hydrogen-bond donors (Lipinski definition) is 0. The predicted molar refractivity (Wildman–Crippen MR) is 65.5 cm³/mol. The average molecular weight is 305 g/mol. The first-order valence-corrected chi connectivity index (χ1v) is 6.16. The van der Waals surface area contributed by atoms with Crippen LogP contribution < -0.4 is 4.74 Å². The van der Waals surface area contributed by atoms with Gasteiger partial charge in [-0.05, 0) is 47.5 Å². The van der Waals surface area contributed by atoms with E-state index in [4.69, 9.17) is 9.47 Å². The molecular formula is C12H14BrFO3. The molecule has 0 aromatic heterocycles. The molecule has 0 aliphatic heterocycles. The summed E-state index contributed by atoms with van der Waals surface area (Å²) in [5.41, 5.74) is 0. The smallest absolute Gasteiger partial charge is 0.305 e. The molecule has 0 radical (unpaired) electrons. The van der Waals surface area contributed by atoms with Crippen molar-refractivity contribution in [2.24, 2.45) is 0 Å². The highest BCUT2D eigenvalue weighted by atomic mass is 79.9. The quantitative estimate of drug-likeness (QED) is 0.597. The average Bonchev–Trinajstić information content (AvgIpc) is 2.27. The summed E-state index contributed by atoms with van der Waals surface area (Å²) in [6.07, 6.45) is 0.898. The zero-order valence-electron chi connectivity index (χ0n) is 9.54. The Bertz CT molecular complexity index is 382. The van der Waals surface area contributed by atoms with Crippen LogP contribution in [0.1, 0.15) is 19.8 Å². The van der Waals surface area contributed by atoms with E-state index in [9.17, 15) is 9.18 Å². The van der Waals surface area contributed by atoms with Crippen LogP contribution in [0.25, 0.3) is 0 Å². The molecule has 0 aliphatic carbocycles. The molecule has 94 valence electrons. The Morgan fingerprint density at radius 3 is 2.88 bits per heavy atom. The molecule has 0 N–H and O–H groups in total. The molecule has 3 nitrogen and oxygen atoms in total. The third-order valence-corrected chi connectivity index (χ3v) is 2.60. The van der Waals surface area contributed by atoms with Gasteiger partial charge in [0.15, 0.2) is 0 Å². The molecule has 0 fully saturated rings. The van der Waals surface area contributed by atoms with Gasteiger partial charge in [-0.1, -0.05) is 0 Å². The summed E-state index contributed by atoms with van der Waals surface area (Å²) < 4.78 is 23.5. The van der Waals surface area contributed by atoms with Gasteiger partial charge in [0, 0.05) is 6.42 Å². The van der Waals surface area contributed by atoms with Crippen molar-refractivity contribution < 1.29 is 18.7 Å². The van der Waals surface area contributed by atoms with Crippen molar-refractivity contribution in [3.8, 4) is 5.75 Å². The highest BCUT2D eigenvalue weighted by molar-refractivity contribution is 9.10. The third kappa shape index (κ3) is 5.17. The maximum atomic E-state index is 12.8. The molecule has 1 rings (SSSR count). The van der Waals surface area contributed by atoms with E-state index >= 15 is 0 Å². The summed E-state index contributed by atoms with van der Waals surface area (Å²) in [6.45, 7) is 2.55. The van der Waals surface area contributed by atoms with Crippen molar-refractivity contribution >= 4 is 21.9 Å². The van der Waals surface area contributed by atoms with Crippen LogP contribution in [0.2, 0.25) is 0 Å². The summed E-state index contributed by atoms with van der Waals surface area (Å²) >= 11 is 3.20. The molecule has 0 bridgehead atoms. The number of esters is 1. The van der Waals surface area contributed by atoms with E-state index in [1.165, 1.54) is 12.1 Å². The SMILES string of the molecule is CCOC(=O)CCCOc1ccc(F)cc1Br. The lowest BCUT2D eigenvalue weighted by molar-refractivity contribution is -0.143. The van der Waals surface area contributed by atoms with Gasteiger partial charge in [-0.2, -0.15) is 0 Å². The molecule has 0 heterocycles. The number of carbonyl (C=O) groups is 1. The lowest BCUT2D eigenvalue weighted by Gasteiger charge is -2.07. The highest BCUT2D eigenvalue weighted by Crippen LogP contribution is 2.25. The van der Waals surface area contributed by atoms with E-state index in [1.807, 2.05) is 0 Å². The minimum absolute atomic E-state index is 0.228. The molecule has 0 saturated carbocycles. The summed E-state index contributed by atoms with van der Waals surface area (Å²) in [4.78, 5) is 11.0. The first kappa shape index (κ1) is 14.0. The van der Waals surface area contributed by atoms with Crippen LogP contribution in [0.15, 0.2) is 22.7 Å². The van der Waals surface area contributed by atoms with Gasteiger partial charge in [0.2, 0.25) is 0 Å². The summed E-state index contributed by atoms with van der Waals surface area (Å²) in [7, 11) is 0. The van der Waals surface area contributed by atoms with Crippen molar-refractivity contribution in [1.29, 1.82) is 0 Å². The predicted octanol–water partition coefficient (Wildman–Crippen LogP) is 3.31. The summed E-state index contributed by atoms with van der Waals surface area (Å²) in [5, 5.41) is 0. The molecule has 1 aromatic rings. The topological polar surface area (TPSA) is 35.5 Å². The lowest BCUT2D eigenvalue weighted by Crippen LogP contribution is -2.06. The number of rotatable bonds is 6. The van der Waals surface area contributed by atoms with Crippen LogP contribution in [0.4, 0.5) is 4.39 Å². The third-order valence-electron chi connectivity index (χ3n) is 1.98. The molecule has 5 heteroatoms. The number of halogens is 2. The van der Waals surface area contributed by atoms with Crippen LogP contribution in [0.3, 0.4) is 0 Å². The van der Waals surface area contributed by atoms with E-state index in [2.05, 4.69) is 15.9 Å². The van der Waals surface area contributed by atoms with E-state index in [0.29, 0.717) is 36.3 Å². The van der Waals surface area contributed by atoms with Crippen molar-refractivity contribution in [3.63, 3.8) is 0 Å². The second-order valence-electron chi connectivity index (χ2n) is 3.33.